The molecule has 4 aromatic carbocycles. The lowest BCUT2D eigenvalue weighted by atomic mass is 9.96. The van der Waals surface area contributed by atoms with Gasteiger partial charge in [0.2, 0.25) is 5.91 Å². The standard InChI is InChI=1S/C25H26F2N4O3.C25H28F2N4O2/c1-16(32)29-20-5-2-18(3-6-20)15-31-10-8-17(9-11-31)14-28-25(33)23-13-24(34-30-23)21-7-4-19(26)12-22(21)27;1-30(2)20-6-3-18(4-7-20)16-31-11-9-17(10-12-31)15-28-25(32)23-14-24(33-29-23)21-8-5-19(26)13-22(21)27/h2-7,12-13,17H,8-11,14-15H2,1H3,(H,28,33)(H,29,32);3-8,13-14,17H,9-12,15-16H2,1-2H3,(H,28,32). The van der Waals surface area contributed by atoms with Crippen molar-refractivity contribution in [3.05, 3.63) is 143 Å². The van der Waals surface area contributed by atoms with Crippen molar-refractivity contribution in [3.63, 3.8) is 0 Å². The molecule has 352 valence electrons. The van der Waals surface area contributed by atoms with Crippen LogP contribution in [0, 0.1) is 35.1 Å². The third-order valence-electron chi connectivity index (χ3n) is 11.9. The Morgan fingerprint density at radius 2 is 1.03 bits per heavy atom. The molecule has 0 bridgehead atoms. The van der Waals surface area contributed by atoms with Crippen molar-refractivity contribution in [1.29, 1.82) is 0 Å². The van der Waals surface area contributed by atoms with Gasteiger partial charge in [0.05, 0.1) is 11.1 Å². The summed E-state index contributed by atoms with van der Waals surface area (Å²) < 4.78 is 64.2. The zero-order chi connectivity index (χ0) is 47.5. The van der Waals surface area contributed by atoms with Crippen LogP contribution >= 0.6 is 0 Å². The maximum absolute atomic E-state index is 13.9. The highest BCUT2D eigenvalue weighted by Crippen LogP contribution is 2.27. The van der Waals surface area contributed by atoms with Crippen LogP contribution in [0.1, 0.15) is 64.7 Å². The van der Waals surface area contributed by atoms with E-state index >= 15 is 0 Å². The van der Waals surface area contributed by atoms with E-state index in [4.69, 9.17) is 9.05 Å². The molecular formula is C50H54F4N8O5. The molecule has 0 aliphatic carbocycles. The first-order valence-corrected chi connectivity index (χ1v) is 22.2. The molecule has 0 saturated carbocycles. The van der Waals surface area contributed by atoms with Crippen molar-refractivity contribution in [3.8, 4) is 22.6 Å². The number of anilines is 2. The van der Waals surface area contributed by atoms with Gasteiger partial charge in [0.15, 0.2) is 22.9 Å². The number of rotatable bonds is 14. The van der Waals surface area contributed by atoms with Crippen molar-refractivity contribution in [2.24, 2.45) is 11.8 Å². The van der Waals surface area contributed by atoms with E-state index in [2.05, 4.69) is 65.2 Å². The lowest BCUT2D eigenvalue weighted by Crippen LogP contribution is -2.38. The fourth-order valence-electron chi connectivity index (χ4n) is 8.06. The summed E-state index contributed by atoms with van der Waals surface area (Å²) >= 11 is 0. The van der Waals surface area contributed by atoms with Gasteiger partial charge in [-0.1, -0.05) is 34.6 Å². The topological polar surface area (TPSA) is 149 Å². The summed E-state index contributed by atoms with van der Waals surface area (Å²) in [5.74, 6) is -2.86. The van der Waals surface area contributed by atoms with E-state index < -0.39 is 23.3 Å². The van der Waals surface area contributed by atoms with Gasteiger partial charge in [-0.3, -0.25) is 24.2 Å². The number of carbonyl (C=O) groups is 3. The molecule has 17 heteroatoms. The first kappa shape index (κ1) is 48.1. The van der Waals surface area contributed by atoms with Gasteiger partial charge in [0, 0.05) is 82.8 Å². The third-order valence-corrected chi connectivity index (χ3v) is 11.9. The summed E-state index contributed by atoms with van der Waals surface area (Å²) in [5.41, 5.74) is 4.69. The second kappa shape index (κ2) is 22.6. The van der Waals surface area contributed by atoms with Crippen molar-refractivity contribution >= 4 is 29.1 Å². The number of nitrogens with one attached hydrogen (secondary N) is 3. The van der Waals surface area contributed by atoms with Gasteiger partial charge in [-0.15, -0.1) is 0 Å². The number of likely N-dealkylation sites (tertiary alicyclic amines) is 2. The number of halogens is 4. The number of nitrogens with zero attached hydrogens (tertiary/aromatic N) is 5. The quantitative estimate of drug-likeness (QED) is 0.0908. The van der Waals surface area contributed by atoms with Crippen LogP contribution in [0.5, 0.6) is 0 Å². The molecule has 4 heterocycles. The number of hydrogen-bond acceptors (Lipinski definition) is 10. The summed E-state index contributed by atoms with van der Waals surface area (Å²) in [4.78, 5) is 42.9. The fraction of sp³-hybridized carbons (Fsp3) is 0.340. The highest BCUT2D eigenvalue weighted by Gasteiger charge is 2.24. The third kappa shape index (κ3) is 13.6. The molecule has 2 aromatic heterocycles. The molecule has 0 unspecified atom stereocenters. The smallest absolute Gasteiger partial charge is 0.273 e. The Labute approximate surface area is 386 Å². The van der Waals surface area contributed by atoms with Gasteiger partial charge < -0.3 is 29.9 Å². The Morgan fingerprint density at radius 3 is 1.42 bits per heavy atom. The summed E-state index contributed by atoms with van der Waals surface area (Å²) in [6, 6.07) is 25.5. The Kier molecular flexibility index (Phi) is 16.2. The largest absolute Gasteiger partial charge is 0.378 e. The van der Waals surface area contributed by atoms with E-state index in [9.17, 15) is 31.9 Å². The van der Waals surface area contributed by atoms with Crippen LogP contribution in [0.15, 0.2) is 106 Å². The molecule has 3 amide bonds. The number of amides is 3. The molecule has 2 fully saturated rings. The molecule has 0 spiro atoms. The molecule has 3 N–H and O–H groups in total. The van der Waals surface area contributed by atoms with Gasteiger partial charge in [-0.05, 0) is 123 Å². The van der Waals surface area contributed by atoms with Crippen molar-refractivity contribution in [2.45, 2.75) is 45.7 Å². The van der Waals surface area contributed by atoms with E-state index in [1.165, 1.54) is 48.0 Å². The lowest BCUT2D eigenvalue weighted by Gasteiger charge is -2.32. The molecule has 2 aliphatic rings. The molecule has 0 radical (unpaired) electrons. The van der Waals surface area contributed by atoms with Gasteiger partial charge in [0.1, 0.15) is 23.3 Å². The maximum Gasteiger partial charge on any atom is 0.273 e. The van der Waals surface area contributed by atoms with Gasteiger partial charge in [0.25, 0.3) is 11.8 Å². The minimum atomic E-state index is -0.779. The molecule has 0 atom stereocenters. The number of aromatic nitrogens is 2. The van der Waals surface area contributed by atoms with Crippen molar-refractivity contribution in [2.75, 3.05) is 63.6 Å². The zero-order valence-corrected chi connectivity index (χ0v) is 37.7. The normalized spacial score (nSPS) is 14.8. The van der Waals surface area contributed by atoms with E-state index in [0.29, 0.717) is 24.9 Å². The number of carbonyl (C=O) groups excluding carboxylic acids is 3. The predicted molar refractivity (Wildman–Crippen MR) is 246 cm³/mol. The Balaban J connectivity index is 0.000000199. The second-order valence-electron chi connectivity index (χ2n) is 17.2. The molecule has 13 nitrogen and oxygen atoms in total. The van der Waals surface area contributed by atoms with Gasteiger partial charge >= 0.3 is 0 Å². The van der Waals surface area contributed by atoms with Crippen LogP contribution in [0.2, 0.25) is 0 Å². The monoisotopic (exact) mass is 922 g/mol. The SMILES string of the molecule is CC(=O)Nc1ccc(CN2CCC(CNC(=O)c3cc(-c4ccc(F)cc4F)on3)CC2)cc1.CN(C)c1ccc(CN2CCC(CNC(=O)c3cc(-c4ccc(F)cc4F)on3)CC2)cc1. The van der Waals surface area contributed by atoms with Crippen LogP contribution in [-0.4, -0.2) is 91.2 Å². The summed E-state index contributed by atoms with van der Waals surface area (Å²) in [6.45, 7) is 8.12. The maximum atomic E-state index is 13.9. The second-order valence-corrected chi connectivity index (χ2v) is 17.2. The van der Waals surface area contributed by atoms with E-state index in [0.717, 1.165) is 94.9 Å². The molecule has 2 saturated heterocycles. The summed E-state index contributed by atoms with van der Waals surface area (Å²) in [6.07, 6.45) is 3.91. The number of piperidine rings is 2. The van der Waals surface area contributed by atoms with Crippen LogP contribution in [0.3, 0.4) is 0 Å². The van der Waals surface area contributed by atoms with E-state index in [-0.39, 0.29) is 51.8 Å². The van der Waals surface area contributed by atoms with Gasteiger partial charge in [-0.25, -0.2) is 17.6 Å². The Morgan fingerprint density at radius 1 is 0.612 bits per heavy atom. The fourth-order valence-corrected chi connectivity index (χ4v) is 8.06. The molecule has 6 aromatic rings. The van der Waals surface area contributed by atoms with E-state index in [1.807, 2.05) is 38.4 Å². The molecule has 8 rings (SSSR count). The highest BCUT2D eigenvalue weighted by molar-refractivity contribution is 5.93. The van der Waals surface area contributed by atoms with Crippen LogP contribution in [-0.2, 0) is 17.9 Å². The lowest BCUT2D eigenvalue weighted by molar-refractivity contribution is -0.114. The highest BCUT2D eigenvalue weighted by atomic mass is 19.1. The number of hydrogen-bond donors (Lipinski definition) is 3. The molecular weight excluding hydrogens is 869 g/mol. The minimum Gasteiger partial charge on any atom is -0.378 e. The molecule has 67 heavy (non-hydrogen) atoms. The minimum absolute atomic E-state index is 0.0464. The molecule has 2 aliphatic heterocycles. The Bertz CT molecular complexity index is 2600. The van der Waals surface area contributed by atoms with Crippen LogP contribution in [0.4, 0.5) is 28.9 Å². The Hall–Kier alpha value is -6.85. The van der Waals surface area contributed by atoms with Crippen LogP contribution in [0.25, 0.3) is 22.6 Å². The zero-order valence-electron chi connectivity index (χ0n) is 37.7. The van der Waals surface area contributed by atoms with Crippen LogP contribution < -0.4 is 20.9 Å². The van der Waals surface area contributed by atoms with Gasteiger partial charge in [-0.2, -0.15) is 0 Å². The summed E-state index contributed by atoms with van der Waals surface area (Å²) in [7, 11) is 4.07. The van der Waals surface area contributed by atoms with E-state index in [1.54, 1.807) is 0 Å². The average Bonchev–Trinajstić information content (AvgIpc) is 4.01. The predicted octanol–water partition coefficient (Wildman–Crippen LogP) is 8.55. The summed E-state index contributed by atoms with van der Waals surface area (Å²) in [5, 5.41) is 16.0. The van der Waals surface area contributed by atoms with Crippen molar-refractivity contribution < 1.29 is 41.0 Å². The number of benzene rings is 4. The average molecular weight is 923 g/mol. The first-order chi connectivity index (χ1) is 32.3. The van der Waals surface area contributed by atoms with Crippen molar-refractivity contribution in [1.82, 2.24) is 30.7 Å². The first-order valence-electron chi connectivity index (χ1n) is 22.2.